The van der Waals surface area contributed by atoms with E-state index < -0.39 is 0 Å². The average molecular weight is 1480 g/mol. The van der Waals surface area contributed by atoms with Gasteiger partial charge in [-0.3, -0.25) is 0 Å². The summed E-state index contributed by atoms with van der Waals surface area (Å²) >= 11 is 0. The Morgan fingerprint density at radius 3 is 0.809 bits per heavy atom. The predicted molar refractivity (Wildman–Crippen MR) is 467 cm³/mol. The summed E-state index contributed by atoms with van der Waals surface area (Å²) in [7, 11) is 3.44. The molecular weight excluding hydrogens is 1340 g/mol. The number of unbranched alkanes of at least 4 members (excludes halogenated alkanes) is 10. The van der Waals surface area contributed by atoms with Gasteiger partial charge in [0.1, 0.15) is 23.0 Å². The van der Waals surface area contributed by atoms with Crippen molar-refractivity contribution in [2.45, 2.75) is 292 Å². The van der Waals surface area contributed by atoms with Crippen LogP contribution in [-0.2, 0) is 146 Å². The maximum Gasteiger partial charge on any atom is 0.119 e. The summed E-state index contributed by atoms with van der Waals surface area (Å²) in [5.74, 6) is 4.12. The van der Waals surface area contributed by atoms with Crippen molar-refractivity contribution in [3.63, 3.8) is 0 Å². The normalized spacial score (nSPS) is 13.6. The number of aryl methyl sites for hydroxylation is 23. The first kappa shape index (κ1) is 84.6. The van der Waals surface area contributed by atoms with Gasteiger partial charge in [0.05, 0.1) is 26.9 Å². The lowest BCUT2D eigenvalue weighted by Crippen LogP contribution is -2.08. The Labute approximate surface area is 667 Å². The van der Waals surface area contributed by atoms with Crippen LogP contribution in [0.2, 0.25) is 0 Å². The van der Waals surface area contributed by atoms with Gasteiger partial charge in [0, 0.05) is 13.7 Å². The van der Waals surface area contributed by atoms with E-state index in [9.17, 15) is 0 Å². The molecule has 18 rings (SSSR count). The van der Waals surface area contributed by atoms with E-state index in [4.69, 9.17) is 23.7 Å². The van der Waals surface area contributed by atoms with Crippen molar-refractivity contribution in [2.24, 2.45) is 0 Å². The molecule has 0 fully saturated rings. The summed E-state index contributed by atoms with van der Waals surface area (Å²) in [6.45, 7) is 18.9. The summed E-state index contributed by atoms with van der Waals surface area (Å²) in [5, 5.41) is 0. The molecule has 0 saturated heterocycles. The zero-order valence-corrected chi connectivity index (χ0v) is 69.8. The van der Waals surface area contributed by atoms with Crippen LogP contribution < -0.4 is 18.9 Å². The molecule has 0 unspecified atom stereocenters. The lowest BCUT2D eigenvalue weighted by atomic mass is 9.86. The van der Waals surface area contributed by atoms with Crippen LogP contribution in [0.1, 0.15) is 272 Å². The fourth-order valence-corrected chi connectivity index (χ4v) is 15.3. The molecular formula is C105H138O5. The van der Waals surface area contributed by atoms with Gasteiger partial charge in [0.15, 0.2) is 0 Å². The highest BCUT2D eigenvalue weighted by Gasteiger charge is 2.19. The van der Waals surface area contributed by atoms with E-state index in [-0.39, 0.29) is 0 Å². The van der Waals surface area contributed by atoms with Crippen molar-refractivity contribution in [1.82, 2.24) is 0 Å². The van der Waals surface area contributed by atoms with Gasteiger partial charge in [-0.1, -0.05) is 227 Å². The highest BCUT2D eigenvalue weighted by atomic mass is 16.5. The van der Waals surface area contributed by atoms with Crippen molar-refractivity contribution in [2.75, 3.05) is 40.6 Å². The van der Waals surface area contributed by atoms with Gasteiger partial charge in [-0.25, -0.2) is 0 Å². The summed E-state index contributed by atoms with van der Waals surface area (Å²) in [6.07, 6.45) is 48.3. The molecule has 588 valence electrons. The van der Waals surface area contributed by atoms with Crippen LogP contribution in [0.15, 0.2) is 164 Å². The second-order valence-corrected chi connectivity index (χ2v) is 32.1. The van der Waals surface area contributed by atoms with Crippen molar-refractivity contribution in [1.29, 1.82) is 0 Å². The monoisotopic (exact) mass is 1480 g/mol. The Balaban J connectivity index is 0.000000132. The first-order valence-corrected chi connectivity index (χ1v) is 44.0. The Bertz CT molecular complexity index is 4040. The second kappa shape index (κ2) is 46.8. The van der Waals surface area contributed by atoms with Crippen LogP contribution in [0.5, 0.6) is 23.0 Å². The van der Waals surface area contributed by atoms with Crippen LogP contribution in [-0.4, -0.2) is 40.6 Å². The third-order valence-corrected chi connectivity index (χ3v) is 23.7. The highest BCUT2D eigenvalue weighted by Crippen LogP contribution is 2.33. The number of fused-ring (bicyclic) bond motifs is 9. The van der Waals surface area contributed by atoms with Gasteiger partial charge in [0.2, 0.25) is 0 Å². The standard InChI is InChI=1S/C14H20O.C14H20.C13H18O2.C13H18O.C12H16.C11H14.C10H12.C9H10O.C9H10/c1-2-3-4-5-10-15-14-9-8-12-6-7-13(12)11-14;1-2-3-4-5-6-12-7-8-13-9-10-14(13)11-12;1-14-8-2-3-9-15-13-7-6-11-4-5-12(11)10-13;1-2-3-4-9-14-13-8-7-11-5-6-12(11)10-13;1-2-3-4-10-5-6-11-7-8-12(11)9-10;1-2-3-9-4-5-10-6-7-11(10)8-9;1-2-8-3-4-9-5-6-10(9)7-8;1-10-9-5-4-7-2-3-8(7)6-9;1-7-2-3-8-4-5-9(8)6-7/h8-9,11H,2-7,10H2,1H3;7-8,11H,2-6,9-10H2,1H3;6-7,10H,2-5,8-9H2,1H3;7-8,10H,2-6,9H2,1H3;5-6,9H,2-4,7-8H2,1H3;4-5,8H,2-3,6-7H2,1H3;3-4,7H,2,5-6H2,1H3;4-6H,2-3H2,1H3;2-3,6H,4-5H2,1H3. The topological polar surface area (TPSA) is 46.2 Å². The van der Waals surface area contributed by atoms with E-state index in [1.54, 1.807) is 75.4 Å². The van der Waals surface area contributed by atoms with E-state index in [2.05, 4.69) is 206 Å². The Kier molecular flexibility index (Phi) is 36.0. The zero-order chi connectivity index (χ0) is 76.9. The minimum atomic E-state index is 0.794. The third-order valence-electron chi connectivity index (χ3n) is 23.7. The first-order chi connectivity index (χ1) is 54.0. The molecule has 9 aromatic carbocycles. The van der Waals surface area contributed by atoms with Crippen LogP contribution in [0.3, 0.4) is 0 Å². The van der Waals surface area contributed by atoms with E-state index in [0.29, 0.717) is 0 Å². The van der Waals surface area contributed by atoms with Gasteiger partial charge in [-0.15, -0.1) is 0 Å². The zero-order valence-electron chi connectivity index (χ0n) is 69.8. The molecule has 110 heavy (non-hydrogen) atoms. The molecule has 0 N–H and O–H groups in total. The van der Waals surface area contributed by atoms with Crippen molar-refractivity contribution in [3.05, 3.63) is 292 Å². The largest absolute Gasteiger partial charge is 0.497 e. The van der Waals surface area contributed by atoms with Crippen molar-refractivity contribution < 1.29 is 23.7 Å². The summed E-state index contributed by atoms with van der Waals surface area (Å²) < 4.78 is 27.1. The fourth-order valence-electron chi connectivity index (χ4n) is 15.3. The lowest BCUT2D eigenvalue weighted by Gasteiger charge is -2.19. The van der Waals surface area contributed by atoms with Crippen LogP contribution in [0.4, 0.5) is 0 Å². The van der Waals surface area contributed by atoms with Gasteiger partial charge in [-0.05, 0) is 358 Å². The molecule has 9 aliphatic carbocycles. The molecule has 0 heterocycles. The molecule has 0 radical (unpaired) electrons. The molecule has 0 atom stereocenters. The maximum atomic E-state index is 5.72. The van der Waals surface area contributed by atoms with Gasteiger partial charge >= 0.3 is 0 Å². The highest BCUT2D eigenvalue weighted by molar-refractivity contribution is 5.46. The van der Waals surface area contributed by atoms with E-state index in [1.807, 2.05) is 6.07 Å². The molecule has 5 heteroatoms. The molecule has 0 bridgehead atoms. The Hall–Kier alpha value is -7.86. The summed E-state index contributed by atoms with van der Waals surface area (Å²) in [5.41, 5.74) is 35.2. The Morgan fingerprint density at radius 2 is 0.491 bits per heavy atom. The number of methoxy groups -OCH3 is 2. The van der Waals surface area contributed by atoms with Gasteiger partial charge in [-0.2, -0.15) is 0 Å². The van der Waals surface area contributed by atoms with Crippen molar-refractivity contribution >= 4 is 0 Å². The van der Waals surface area contributed by atoms with Crippen molar-refractivity contribution in [3.8, 4) is 23.0 Å². The molecule has 5 nitrogen and oxygen atoms in total. The molecule has 0 amide bonds. The lowest BCUT2D eigenvalue weighted by molar-refractivity contribution is 0.184. The van der Waals surface area contributed by atoms with Gasteiger partial charge in [0.25, 0.3) is 0 Å². The SMILES string of the molecule is CCCCCCOc1ccc2c(c1)CC2.CCCCCCc1ccc2c(c1)CC2.CCCCCOc1ccc2c(c1)CC2.CCCCc1ccc2c(c1)CC2.CCCc1ccc2c(c1)CC2.CCc1ccc2c(c1)CC2.COCCCCOc1ccc2c(c1)CC2.COc1ccc2c(c1)CC2.Cc1ccc2c(c1)CC2. The maximum absolute atomic E-state index is 5.72. The molecule has 9 aliphatic rings. The minimum Gasteiger partial charge on any atom is -0.497 e. The van der Waals surface area contributed by atoms with E-state index >= 15 is 0 Å². The number of hydrogen-bond acceptors (Lipinski definition) is 5. The third kappa shape index (κ3) is 26.9. The number of benzene rings is 9. The molecule has 0 aromatic heterocycles. The quantitative estimate of drug-likeness (QED) is 0.0437. The average Bonchev–Trinajstić information content (AvgIpc) is 0.846. The molecule has 0 spiro atoms. The van der Waals surface area contributed by atoms with Crippen LogP contribution in [0.25, 0.3) is 0 Å². The number of ether oxygens (including phenoxy) is 5. The first-order valence-electron chi connectivity index (χ1n) is 44.0. The smallest absolute Gasteiger partial charge is 0.119 e. The molecule has 9 aromatic rings. The predicted octanol–water partition coefficient (Wildman–Crippen LogP) is 25.7. The van der Waals surface area contributed by atoms with Crippen LogP contribution in [0, 0.1) is 6.92 Å². The Morgan fingerprint density at radius 1 is 0.218 bits per heavy atom. The summed E-state index contributed by atoms with van der Waals surface area (Å²) in [4.78, 5) is 0. The van der Waals surface area contributed by atoms with E-state index in [0.717, 1.165) is 62.3 Å². The number of rotatable bonds is 29. The summed E-state index contributed by atoms with van der Waals surface area (Å²) in [6, 6.07) is 60.4. The molecule has 0 aliphatic heterocycles. The van der Waals surface area contributed by atoms with Crippen LogP contribution >= 0.6 is 0 Å². The van der Waals surface area contributed by atoms with E-state index in [1.165, 1.54) is 298 Å². The second-order valence-electron chi connectivity index (χ2n) is 32.1. The number of hydrogen-bond donors (Lipinski definition) is 0. The minimum absolute atomic E-state index is 0.794. The fraction of sp³-hybridized carbons (Fsp3) is 0.486. The van der Waals surface area contributed by atoms with Gasteiger partial charge < -0.3 is 23.7 Å². The molecule has 0 saturated carbocycles.